The summed E-state index contributed by atoms with van der Waals surface area (Å²) in [5.41, 5.74) is 4.43. The summed E-state index contributed by atoms with van der Waals surface area (Å²) in [4.78, 5) is 21.4. The number of amides is 1. The van der Waals surface area contributed by atoms with Gasteiger partial charge in [-0.1, -0.05) is 6.07 Å². The summed E-state index contributed by atoms with van der Waals surface area (Å²) in [6.45, 7) is 9.18. The molecule has 0 fully saturated rings. The molecule has 0 spiro atoms. The molecular formula is C21H23F2N5O. The van der Waals surface area contributed by atoms with E-state index in [2.05, 4.69) is 20.4 Å². The van der Waals surface area contributed by atoms with Crippen LogP contribution < -0.4 is 5.32 Å². The lowest BCUT2D eigenvalue weighted by Crippen LogP contribution is -2.28. The SMILES string of the molecule is Cc1cc(C)nc(-n2nc(C)c(CC(=O)NC(C)c3ccc(F)c(F)c3)c2C)n1. The standard InChI is InChI=1S/C21H23F2N5O/c1-11-8-12(2)25-21(24-11)28-15(5)17(14(4)27-28)10-20(29)26-13(3)16-6-7-18(22)19(23)9-16/h6-9,13H,10H2,1-5H3,(H,26,29). The van der Waals surface area contributed by atoms with Gasteiger partial charge in [-0.05, 0) is 58.4 Å². The largest absolute Gasteiger partial charge is 0.349 e. The number of nitrogens with one attached hydrogen (secondary N) is 1. The number of halogens is 2. The first-order chi connectivity index (χ1) is 13.7. The molecule has 29 heavy (non-hydrogen) atoms. The fourth-order valence-electron chi connectivity index (χ4n) is 3.25. The number of hydrogen-bond acceptors (Lipinski definition) is 4. The molecule has 1 aromatic carbocycles. The second-order valence-corrected chi connectivity index (χ2v) is 7.15. The monoisotopic (exact) mass is 399 g/mol. The lowest BCUT2D eigenvalue weighted by atomic mass is 10.1. The van der Waals surface area contributed by atoms with Crippen LogP contribution in [0, 0.1) is 39.3 Å². The van der Waals surface area contributed by atoms with Crippen molar-refractivity contribution in [2.24, 2.45) is 0 Å². The molecule has 0 bridgehead atoms. The molecule has 3 aromatic rings. The summed E-state index contributed by atoms with van der Waals surface area (Å²) in [5, 5.41) is 7.31. The van der Waals surface area contributed by atoms with Crippen LogP contribution in [0.1, 0.15) is 46.9 Å². The van der Waals surface area contributed by atoms with Gasteiger partial charge in [-0.25, -0.2) is 23.4 Å². The zero-order valence-corrected chi connectivity index (χ0v) is 17.0. The van der Waals surface area contributed by atoms with Crippen LogP contribution >= 0.6 is 0 Å². The number of carbonyl (C=O) groups is 1. The average molecular weight is 399 g/mol. The Balaban J connectivity index is 1.78. The van der Waals surface area contributed by atoms with Gasteiger partial charge in [0.2, 0.25) is 5.91 Å². The van der Waals surface area contributed by atoms with Gasteiger partial charge in [0.05, 0.1) is 18.2 Å². The van der Waals surface area contributed by atoms with Crippen LogP contribution in [-0.2, 0) is 11.2 Å². The second kappa shape index (κ2) is 8.06. The van der Waals surface area contributed by atoms with Crippen molar-refractivity contribution in [3.63, 3.8) is 0 Å². The summed E-state index contributed by atoms with van der Waals surface area (Å²) in [6.07, 6.45) is 0.108. The zero-order chi connectivity index (χ0) is 21.3. The number of hydrogen-bond donors (Lipinski definition) is 1. The van der Waals surface area contributed by atoms with Crippen molar-refractivity contribution in [1.82, 2.24) is 25.1 Å². The fourth-order valence-corrected chi connectivity index (χ4v) is 3.25. The third-order valence-electron chi connectivity index (χ3n) is 4.76. The van der Waals surface area contributed by atoms with Gasteiger partial charge in [0, 0.05) is 22.6 Å². The Bertz CT molecular complexity index is 1060. The predicted octanol–water partition coefficient (Wildman–Crippen LogP) is 3.59. The van der Waals surface area contributed by atoms with E-state index in [4.69, 9.17) is 0 Å². The van der Waals surface area contributed by atoms with E-state index >= 15 is 0 Å². The Morgan fingerprint density at radius 1 is 1.07 bits per heavy atom. The number of aromatic nitrogens is 4. The molecule has 1 unspecified atom stereocenters. The van der Waals surface area contributed by atoms with Crippen molar-refractivity contribution in [3.8, 4) is 5.95 Å². The van der Waals surface area contributed by atoms with Crippen molar-refractivity contribution < 1.29 is 13.6 Å². The number of nitrogens with zero attached hydrogens (tertiary/aromatic N) is 4. The van der Waals surface area contributed by atoms with E-state index in [9.17, 15) is 13.6 Å². The molecule has 2 heterocycles. The molecule has 1 amide bonds. The average Bonchev–Trinajstić information content (AvgIpc) is 2.91. The third-order valence-corrected chi connectivity index (χ3v) is 4.76. The van der Waals surface area contributed by atoms with Crippen LogP contribution in [0.4, 0.5) is 8.78 Å². The van der Waals surface area contributed by atoms with Gasteiger partial charge >= 0.3 is 0 Å². The first-order valence-electron chi connectivity index (χ1n) is 9.27. The normalized spacial score (nSPS) is 12.1. The van der Waals surface area contributed by atoms with E-state index in [-0.39, 0.29) is 12.3 Å². The zero-order valence-electron chi connectivity index (χ0n) is 17.0. The Morgan fingerprint density at radius 3 is 2.34 bits per heavy atom. The van der Waals surface area contributed by atoms with Crippen molar-refractivity contribution in [2.75, 3.05) is 0 Å². The molecule has 0 aliphatic heterocycles. The summed E-state index contributed by atoms with van der Waals surface area (Å²) in [7, 11) is 0. The molecule has 152 valence electrons. The summed E-state index contributed by atoms with van der Waals surface area (Å²) >= 11 is 0. The van der Waals surface area contributed by atoms with Gasteiger partial charge in [-0.15, -0.1) is 0 Å². The lowest BCUT2D eigenvalue weighted by molar-refractivity contribution is -0.121. The molecule has 1 atom stereocenters. The maximum atomic E-state index is 13.4. The number of carbonyl (C=O) groups excluding carboxylic acids is 1. The van der Waals surface area contributed by atoms with Gasteiger partial charge in [0.25, 0.3) is 5.95 Å². The molecule has 1 N–H and O–H groups in total. The van der Waals surface area contributed by atoms with E-state index in [0.29, 0.717) is 17.2 Å². The van der Waals surface area contributed by atoms with Crippen LogP contribution in [0.5, 0.6) is 0 Å². The smallest absolute Gasteiger partial charge is 0.251 e. The number of rotatable bonds is 5. The molecule has 2 aromatic heterocycles. The highest BCUT2D eigenvalue weighted by Crippen LogP contribution is 2.19. The molecule has 3 rings (SSSR count). The van der Waals surface area contributed by atoms with Crippen LogP contribution in [0.2, 0.25) is 0 Å². The first-order valence-corrected chi connectivity index (χ1v) is 9.27. The Hall–Kier alpha value is -3.16. The Kier molecular flexibility index (Phi) is 5.72. The van der Waals surface area contributed by atoms with E-state index in [0.717, 1.165) is 34.8 Å². The summed E-state index contributed by atoms with van der Waals surface area (Å²) in [6, 6.07) is 5.01. The number of aryl methyl sites for hydroxylation is 3. The molecule has 0 aliphatic carbocycles. The fraction of sp³-hybridized carbons (Fsp3) is 0.333. The molecule has 0 saturated carbocycles. The van der Waals surface area contributed by atoms with E-state index in [1.54, 1.807) is 11.6 Å². The van der Waals surface area contributed by atoms with Crippen molar-refractivity contribution in [1.29, 1.82) is 0 Å². The molecular weight excluding hydrogens is 376 g/mol. The number of benzene rings is 1. The quantitative estimate of drug-likeness (QED) is 0.712. The molecule has 6 nitrogen and oxygen atoms in total. The van der Waals surface area contributed by atoms with Gasteiger partial charge in [-0.3, -0.25) is 4.79 Å². The van der Waals surface area contributed by atoms with Gasteiger partial charge in [0.1, 0.15) is 0 Å². The van der Waals surface area contributed by atoms with E-state index in [1.807, 2.05) is 33.8 Å². The predicted molar refractivity (Wildman–Crippen MR) is 105 cm³/mol. The Labute approximate surface area is 168 Å². The van der Waals surface area contributed by atoms with Gasteiger partial charge in [-0.2, -0.15) is 5.10 Å². The summed E-state index contributed by atoms with van der Waals surface area (Å²) < 4.78 is 28.2. The van der Waals surface area contributed by atoms with Crippen molar-refractivity contribution >= 4 is 5.91 Å². The van der Waals surface area contributed by atoms with Crippen molar-refractivity contribution in [3.05, 3.63) is 69.8 Å². The van der Waals surface area contributed by atoms with E-state index in [1.165, 1.54) is 6.07 Å². The minimum atomic E-state index is -0.940. The summed E-state index contributed by atoms with van der Waals surface area (Å²) in [5.74, 6) is -1.64. The highest BCUT2D eigenvalue weighted by atomic mass is 19.2. The van der Waals surface area contributed by atoms with Crippen molar-refractivity contribution in [2.45, 2.75) is 47.1 Å². The van der Waals surface area contributed by atoms with Crippen LogP contribution in [0.25, 0.3) is 5.95 Å². The topological polar surface area (TPSA) is 72.7 Å². The molecule has 0 radical (unpaired) electrons. The van der Waals surface area contributed by atoms with Crippen LogP contribution in [-0.4, -0.2) is 25.7 Å². The molecule has 8 heteroatoms. The van der Waals surface area contributed by atoms with Gasteiger partial charge < -0.3 is 5.32 Å². The van der Waals surface area contributed by atoms with E-state index < -0.39 is 17.7 Å². The lowest BCUT2D eigenvalue weighted by Gasteiger charge is -2.15. The minimum absolute atomic E-state index is 0.108. The highest BCUT2D eigenvalue weighted by molar-refractivity contribution is 5.79. The third kappa shape index (κ3) is 4.47. The highest BCUT2D eigenvalue weighted by Gasteiger charge is 2.19. The maximum Gasteiger partial charge on any atom is 0.251 e. The first kappa shape index (κ1) is 20.6. The molecule has 0 aliphatic rings. The van der Waals surface area contributed by atoms with Crippen LogP contribution in [0.15, 0.2) is 24.3 Å². The Morgan fingerprint density at radius 2 is 1.72 bits per heavy atom. The minimum Gasteiger partial charge on any atom is -0.349 e. The van der Waals surface area contributed by atoms with Crippen LogP contribution in [0.3, 0.4) is 0 Å². The maximum absolute atomic E-state index is 13.4. The molecule has 0 saturated heterocycles. The van der Waals surface area contributed by atoms with Gasteiger partial charge in [0.15, 0.2) is 11.6 Å². The second-order valence-electron chi connectivity index (χ2n) is 7.15.